The van der Waals surface area contributed by atoms with Crippen LogP contribution in [0.1, 0.15) is 50.4 Å². The Labute approximate surface area is 143 Å². The van der Waals surface area contributed by atoms with Gasteiger partial charge in [-0.25, -0.2) is 0 Å². The Morgan fingerprint density at radius 1 is 1.12 bits per heavy atom. The van der Waals surface area contributed by atoms with Crippen LogP contribution in [0, 0.1) is 6.92 Å². The Bertz CT molecular complexity index is 730. The molecule has 1 saturated carbocycles. The Kier molecular flexibility index (Phi) is 4.23. The summed E-state index contributed by atoms with van der Waals surface area (Å²) in [5.41, 5.74) is 5.35. The second-order valence-electron chi connectivity index (χ2n) is 7.07. The number of aromatic nitrogens is 2. The number of aryl methyl sites for hydroxylation is 1. The molecule has 1 aliphatic carbocycles. The molecule has 2 heterocycles. The molecule has 0 amide bonds. The summed E-state index contributed by atoms with van der Waals surface area (Å²) in [5, 5.41) is 3.86. The largest absolute Gasteiger partial charge is 0.334 e. The van der Waals surface area contributed by atoms with E-state index in [9.17, 15) is 0 Å². The van der Waals surface area contributed by atoms with Gasteiger partial charge in [0.2, 0.25) is 0 Å². The van der Waals surface area contributed by atoms with Gasteiger partial charge in [0.05, 0.1) is 0 Å². The van der Waals surface area contributed by atoms with E-state index in [4.69, 9.17) is 4.52 Å². The van der Waals surface area contributed by atoms with E-state index in [1.165, 1.54) is 56.3 Å². The van der Waals surface area contributed by atoms with Gasteiger partial charge in [-0.05, 0) is 62.8 Å². The van der Waals surface area contributed by atoms with E-state index < -0.39 is 0 Å². The van der Waals surface area contributed by atoms with Gasteiger partial charge < -0.3 is 4.52 Å². The molecule has 2 aromatic rings. The summed E-state index contributed by atoms with van der Waals surface area (Å²) in [6, 6.07) is 9.39. The molecule has 1 aromatic heterocycles. The van der Waals surface area contributed by atoms with Crippen molar-refractivity contribution in [3.05, 3.63) is 41.2 Å². The summed E-state index contributed by atoms with van der Waals surface area (Å²) >= 11 is 0. The molecule has 4 heteroatoms. The Hall–Kier alpha value is -1.94. The second-order valence-corrected chi connectivity index (χ2v) is 7.07. The van der Waals surface area contributed by atoms with Crippen LogP contribution < -0.4 is 0 Å². The third-order valence-corrected chi connectivity index (χ3v) is 5.62. The van der Waals surface area contributed by atoms with Crippen molar-refractivity contribution in [2.75, 3.05) is 13.1 Å². The average Bonchev–Trinajstić information content (AvgIpc) is 3.00. The van der Waals surface area contributed by atoms with Crippen molar-refractivity contribution >= 4 is 5.57 Å². The number of piperidine rings is 1. The first-order chi connectivity index (χ1) is 11.7. The molecule has 0 atom stereocenters. The zero-order chi connectivity index (χ0) is 16.5. The summed E-state index contributed by atoms with van der Waals surface area (Å²) in [6.07, 6.45) is 6.68. The minimum absolute atomic E-state index is 0.596. The quantitative estimate of drug-likeness (QED) is 0.836. The fourth-order valence-corrected chi connectivity index (χ4v) is 3.77. The summed E-state index contributed by atoms with van der Waals surface area (Å²) in [5.74, 6) is 1.27. The normalized spacial score (nSPS) is 19.3. The first-order valence-corrected chi connectivity index (χ1v) is 9.04. The van der Waals surface area contributed by atoms with Crippen molar-refractivity contribution < 1.29 is 4.52 Å². The predicted molar refractivity (Wildman–Crippen MR) is 95.5 cm³/mol. The summed E-state index contributed by atoms with van der Waals surface area (Å²) in [6.45, 7) is 6.57. The van der Waals surface area contributed by atoms with E-state index in [2.05, 4.69) is 46.2 Å². The SMILES string of the molecule is CC(=C1CCN(C2CCC2)CC1)c1ccc(-c2nc(C)no2)cc1. The number of benzene rings is 1. The molecular formula is C20H25N3O. The van der Waals surface area contributed by atoms with Crippen LogP contribution in [0.25, 0.3) is 17.0 Å². The lowest BCUT2D eigenvalue weighted by atomic mass is 9.88. The molecule has 4 rings (SSSR count). The van der Waals surface area contributed by atoms with E-state index in [0.29, 0.717) is 11.7 Å². The highest BCUT2D eigenvalue weighted by atomic mass is 16.5. The van der Waals surface area contributed by atoms with E-state index in [-0.39, 0.29) is 0 Å². The van der Waals surface area contributed by atoms with Gasteiger partial charge in [-0.15, -0.1) is 0 Å². The van der Waals surface area contributed by atoms with Crippen LogP contribution in [0.3, 0.4) is 0 Å². The van der Waals surface area contributed by atoms with Crippen molar-refractivity contribution in [1.82, 2.24) is 15.0 Å². The number of hydrogen-bond acceptors (Lipinski definition) is 4. The summed E-state index contributed by atoms with van der Waals surface area (Å²) in [4.78, 5) is 6.98. The monoisotopic (exact) mass is 323 g/mol. The standard InChI is InChI=1S/C20H25N3O/c1-14(17-10-12-23(13-11-17)19-4-3-5-19)16-6-8-18(9-7-16)20-21-15(2)22-24-20/h6-9,19H,3-5,10-13H2,1-2H3. The molecule has 24 heavy (non-hydrogen) atoms. The van der Waals surface area contributed by atoms with Crippen LogP contribution in [0.4, 0.5) is 0 Å². The molecule has 0 spiro atoms. The summed E-state index contributed by atoms with van der Waals surface area (Å²) in [7, 11) is 0. The maximum Gasteiger partial charge on any atom is 0.257 e. The van der Waals surface area contributed by atoms with Gasteiger partial charge in [-0.1, -0.05) is 29.3 Å². The lowest BCUT2D eigenvalue weighted by Crippen LogP contribution is -2.43. The maximum absolute atomic E-state index is 5.24. The highest BCUT2D eigenvalue weighted by molar-refractivity contribution is 5.69. The van der Waals surface area contributed by atoms with Gasteiger partial charge in [0.25, 0.3) is 5.89 Å². The van der Waals surface area contributed by atoms with Crippen molar-refractivity contribution in [2.24, 2.45) is 0 Å². The van der Waals surface area contributed by atoms with Gasteiger partial charge in [-0.2, -0.15) is 4.98 Å². The van der Waals surface area contributed by atoms with E-state index >= 15 is 0 Å². The predicted octanol–water partition coefficient (Wildman–Crippen LogP) is 4.47. The van der Waals surface area contributed by atoms with Crippen molar-refractivity contribution in [3.8, 4) is 11.5 Å². The van der Waals surface area contributed by atoms with Crippen LogP contribution >= 0.6 is 0 Å². The highest BCUT2D eigenvalue weighted by Gasteiger charge is 2.27. The zero-order valence-corrected chi connectivity index (χ0v) is 14.6. The van der Waals surface area contributed by atoms with Crippen molar-refractivity contribution in [2.45, 2.75) is 52.0 Å². The molecule has 2 fully saturated rings. The van der Waals surface area contributed by atoms with Gasteiger partial charge in [0.1, 0.15) is 0 Å². The van der Waals surface area contributed by atoms with Crippen LogP contribution in [0.2, 0.25) is 0 Å². The number of allylic oxidation sites excluding steroid dienone is 1. The fourth-order valence-electron chi connectivity index (χ4n) is 3.77. The smallest absolute Gasteiger partial charge is 0.257 e. The number of rotatable bonds is 3. The molecule has 0 radical (unpaired) electrons. The van der Waals surface area contributed by atoms with Crippen molar-refractivity contribution in [1.29, 1.82) is 0 Å². The molecule has 2 aliphatic rings. The molecule has 0 unspecified atom stereocenters. The van der Waals surface area contributed by atoms with Crippen LogP contribution in [-0.2, 0) is 0 Å². The minimum Gasteiger partial charge on any atom is -0.334 e. The maximum atomic E-state index is 5.24. The fraction of sp³-hybridized carbons (Fsp3) is 0.500. The zero-order valence-electron chi connectivity index (χ0n) is 14.6. The highest BCUT2D eigenvalue weighted by Crippen LogP contribution is 2.32. The average molecular weight is 323 g/mol. The van der Waals surface area contributed by atoms with Crippen LogP contribution in [0.15, 0.2) is 34.4 Å². The third kappa shape index (κ3) is 3.03. The number of hydrogen-bond donors (Lipinski definition) is 0. The Morgan fingerprint density at radius 3 is 2.38 bits per heavy atom. The van der Waals surface area contributed by atoms with Gasteiger partial charge >= 0.3 is 0 Å². The van der Waals surface area contributed by atoms with E-state index in [0.717, 1.165) is 11.6 Å². The Morgan fingerprint density at radius 2 is 1.83 bits per heavy atom. The third-order valence-electron chi connectivity index (χ3n) is 5.62. The first kappa shape index (κ1) is 15.6. The molecule has 126 valence electrons. The van der Waals surface area contributed by atoms with Crippen LogP contribution in [-0.4, -0.2) is 34.2 Å². The van der Waals surface area contributed by atoms with Crippen LogP contribution in [0.5, 0.6) is 0 Å². The molecular weight excluding hydrogens is 298 g/mol. The topological polar surface area (TPSA) is 42.2 Å². The molecule has 1 aromatic carbocycles. The molecule has 0 bridgehead atoms. The van der Waals surface area contributed by atoms with E-state index in [1.807, 2.05) is 6.92 Å². The first-order valence-electron chi connectivity index (χ1n) is 9.04. The van der Waals surface area contributed by atoms with Crippen molar-refractivity contribution in [3.63, 3.8) is 0 Å². The number of likely N-dealkylation sites (tertiary alicyclic amines) is 1. The Balaban J connectivity index is 1.46. The molecule has 1 saturated heterocycles. The summed E-state index contributed by atoms with van der Waals surface area (Å²) < 4.78 is 5.24. The van der Waals surface area contributed by atoms with Gasteiger partial charge in [0, 0.05) is 24.7 Å². The van der Waals surface area contributed by atoms with Gasteiger partial charge in [-0.3, -0.25) is 4.90 Å². The van der Waals surface area contributed by atoms with Gasteiger partial charge in [0.15, 0.2) is 5.82 Å². The molecule has 4 nitrogen and oxygen atoms in total. The minimum atomic E-state index is 0.596. The van der Waals surface area contributed by atoms with E-state index in [1.54, 1.807) is 5.57 Å². The second kappa shape index (κ2) is 6.52. The molecule has 1 aliphatic heterocycles. The lowest BCUT2D eigenvalue weighted by molar-refractivity contribution is 0.118. The number of nitrogens with zero attached hydrogens (tertiary/aromatic N) is 3. The lowest BCUT2D eigenvalue weighted by Gasteiger charge is -2.40. The molecule has 0 N–H and O–H groups in total.